The monoisotopic (exact) mass is 195 g/mol. The molecule has 4 atom stereocenters. The summed E-state index contributed by atoms with van der Waals surface area (Å²) in [5, 5.41) is 0. The van der Waals surface area contributed by atoms with Crippen LogP contribution in [0.3, 0.4) is 0 Å². The number of carbonyl (C=O) groups excluding carboxylic acids is 1. The van der Waals surface area contributed by atoms with E-state index in [9.17, 15) is 4.79 Å². The number of hydrogen-bond donors (Lipinski definition) is 1. The van der Waals surface area contributed by atoms with Gasteiger partial charge in [0.1, 0.15) is 0 Å². The van der Waals surface area contributed by atoms with Gasteiger partial charge in [0, 0.05) is 7.11 Å². The molecule has 1 fully saturated rings. The van der Waals surface area contributed by atoms with Crippen molar-refractivity contribution in [2.45, 2.75) is 25.4 Å². The maximum Gasteiger partial charge on any atom is 0.223 e. The highest BCUT2D eigenvalue weighted by molar-refractivity contribution is 5.79. The van der Waals surface area contributed by atoms with Gasteiger partial charge in [0.25, 0.3) is 0 Å². The molecule has 14 heavy (non-hydrogen) atoms. The lowest BCUT2D eigenvalue weighted by Gasteiger charge is -2.48. The highest BCUT2D eigenvalue weighted by atomic mass is 16.5. The lowest BCUT2D eigenvalue weighted by atomic mass is 9.61. The molecule has 0 aliphatic heterocycles. The third kappa shape index (κ3) is 1.19. The normalized spacial score (nSPS) is 45.4. The van der Waals surface area contributed by atoms with Crippen LogP contribution in [0.15, 0.2) is 12.2 Å². The van der Waals surface area contributed by atoms with Crippen LogP contribution in [0.5, 0.6) is 0 Å². The van der Waals surface area contributed by atoms with Crippen LogP contribution in [0.2, 0.25) is 0 Å². The van der Waals surface area contributed by atoms with Crippen molar-refractivity contribution < 1.29 is 9.53 Å². The summed E-state index contributed by atoms with van der Waals surface area (Å²) >= 11 is 0. The Morgan fingerprint density at radius 2 is 2.36 bits per heavy atom. The van der Waals surface area contributed by atoms with E-state index in [-0.39, 0.29) is 11.8 Å². The lowest BCUT2D eigenvalue weighted by molar-refractivity contribution is -0.139. The minimum atomic E-state index is -0.417. The molecule has 3 rings (SSSR count). The Kier molecular flexibility index (Phi) is 2.14. The van der Waals surface area contributed by atoms with Gasteiger partial charge in [-0.15, -0.1) is 0 Å². The number of amides is 1. The second-order valence-electron chi connectivity index (χ2n) is 4.55. The zero-order valence-corrected chi connectivity index (χ0v) is 8.69. The maximum atomic E-state index is 11.3. The van der Waals surface area contributed by atoms with Crippen molar-refractivity contribution in [3.05, 3.63) is 12.2 Å². The Labute approximate surface area is 84.3 Å². The van der Waals surface area contributed by atoms with E-state index in [2.05, 4.69) is 13.0 Å². The minimum absolute atomic E-state index is 0.140. The molecule has 0 aromatic carbocycles. The highest BCUT2D eigenvalue weighted by Gasteiger charge is 2.50. The van der Waals surface area contributed by atoms with Gasteiger partial charge in [-0.05, 0) is 24.7 Å². The molecule has 78 valence electrons. The van der Waals surface area contributed by atoms with Crippen molar-refractivity contribution in [2.24, 2.45) is 23.5 Å². The maximum absolute atomic E-state index is 11.3. The van der Waals surface area contributed by atoms with Crippen molar-refractivity contribution in [1.29, 1.82) is 0 Å². The Morgan fingerprint density at radius 1 is 1.64 bits per heavy atom. The second-order valence-corrected chi connectivity index (χ2v) is 4.55. The third-order valence-corrected chi connectivity index (χ3v) is 3.82. The third-order valence-electron chi connectivity index (χ3n) is 3.82. The number of primary amides is 1. The summed E-state index contributed by atoms with van der Waals surface area (Å²) in [6.07, 6.45) is 5.98. The first kappa shape index (κ1) is 9.71. The average molecular weight is 195 g/mol. The van der Waals surface area contributed by atoms with Crippen LogP contribution in [-0.2, 0) is 9.53 Å². The Morgan fingerprint density at radius 3 is 2.86 bits per heavy atom. The van der Waals surface area contributed by atoms with E-state index in [1.165, 1.54) is 0 Å². The molecule has 2 N–H and O–H groups in total. The van der Waals surface area contributed by atoms with Crippen molar-refractivity contribution in [3.63, 3.8) is 0 Å². The number of carbonyl (C=O) groups is 1. The molecule has 1 amide bonds. The van der Waals surface area contributed by atoms with Crippen molar-refractivity contribution in [2.75, 3.05) is 7.11 Å². The van der Waals surface area contributed by atoms with E-state index in [4.69, 9.17) is 10.5 Å². The van der Waals surface area contributed by atoms with Crippen LogP contribution < -0.4 is 5.73 Å². The molecule has 3 aliphatic rings. The molecule has 0 saturated heterocycles. The fraction of sp³-hybridized carbons (Fsp3) is 0.727. The summed E-state index contributed by atoms with van der Waals surface area (Å²) < 4.78 is 5.52. The van der Waals surface area contributed by atoms with Crippen molar-refractivity contribution >= 4 is 5.91 Å². The SMILES string of the molecule is CO[C@]12C=C[C@H](C[C@H]1C(N)=O)[C@@H](C)C2. The number of hydrogen-bond acceptors (Lipinski definition) is 2. The van der Waals surface area contributed by atoms with Gasteiger partial charge < -0.3 is 10.5 Å². The molecule has 0 spiro atoms. The topological polar surface area (TPSA) is 52.3 Å². The molecule has 0 aromatic rings. The average Bonchev–Trinajstić information content (AvgIpc) is 2.18. The molecule has 3 nitrogen and oxygen atoms in total. The van der Waals surface area contributed by atoms with E-state index >= 15 is 0 Å². The zero-order valence-electron chi connectivity index (χ0n) is 8.69. The number of fused-ring (bicyclic) bond motifs is 2. The summed E-state index contributed by atoms with van der Waals surface area (Å²) in [4.78, 5) is 11.3. The minimum Gasteiger partial charge on any atom is -0.373 e. The summed E-state index contributed by atoms with van der Waals surface area (Å²) in [5.74, 6) is 0.729. The number of ether oxygens (including phenoxy) is 1. The number of methoxy groups -OCH3 is 1. The molecule has 0 unspecified atom stereocenters. The lowest BCUT2D eigenvalue weighted by Crippen LogP contribution is -2.53. The summed E-state index contributed by atoms with van der Waals surface area (Å²) in [7, 11) is 1.67. The predicted octanol–water partition coefficient (Wildman–Crippen LogP) is 1.09. The fourth-order valence-corrected chi connectivity index (χ4v) is 2.89. The number of rotatable bonds is 2. The van der Waals surface area contributed by atoms with E-state index < -0.39 is 5.60 Å². The smallest absolute Gasteiger partial charge is 0.223 e. The van der Waals surface area contributed by atoms with Gasteiger partial charge in [-0.2, -0.15) is 0 Å². The zero-order chi connectivity index (χ0) is 10.3. The molecular formula is C11H17NO2. The second kappa shape index (κ2) is 3.09. The van der Waals surface area contributed by atoms with E-state index in [1.54, 1.807) is 7.11 Å². The van der Waals surface area contributed by atoms with Crippen LogP contribution in [0.25, 0.3) is 0 Å². The summed E-state index contributed by atoms with van der Waals surface area (Å²) in [6, 6.07) is 0. The molecule has 0 aromatic heterocycles. The standard InChI is InChI=1S/C11H17NO2/c1-7-6-11(14-2)4-3-8(7)5-9(11)10(12)13/h3-4,7-9H,5-6H2,1-2H3,(H2,12,13)/t7-,8+,9-,11-/m0/s1. The first-order valence-corrected chi connectivity index (χ1v) is 5.13. The van der Waals surface area contributed by atoms with E-state index in [0.717, 1.165) is 12.8 Å². The van der Waals surface area contributed by atoms with Crippen molar-refractivity contribution in [3.8, 4) is 0 Å². The van der Waals surface area contributed by atoms with Crippen LogP contribution in [0.1, 0.15) is 19.8 Å². The van der Waals surface area contributed by atoms with Gasteiger partial charge in [-0.25, -0.2) is 0 Å². The van der Waals surface area contributed by atoms with E-state index in [0.29, 0.717) is 11.8 Å². The largest absolute Gasteiger partial charge is 0.373 e. The Bertz CT molecular complexity index is 287. The van der Waals surface area contributed by atoms with Crippen LogP contribution in [0, 0.1) is 17.8 Å². The summed E-state index contributed by atoms with van der Waals surface area (Å²) in [5.41, 5.74) is 4.99. The quantitative estimate of drug-likeness (QED) is 0.670. The molecule has 3 heteroatoms. The van der Waals surface area contributed by atoms with Crippen LogP contribution in [0.4, 0.5) is 0 Å². The molecule has 3 aliphatic carbocycles. The van der Waals surface area contributed by atoms with Gasteiger partial charge in [-0.3, -0.25) is 4.79 Å². The molecule has 2 bridgehead atoms. The Hall–Kier alpha value is -0.830. The van der Waals surface area contributed by atoms with Gasteiger partial charge in [-0.1, -0.05) is 19.1 Å². The highest BCUT2D eigenvalue weighted by Crippen LogP contribution is 2.48. The number of allylic oxidation sites excluding steroid dienone is 1. The van der Waals surface area contributed by atoms with Gasteiger partial charge in [0.15, 0.2) is 0 Å². The van der Waals surface area contributed by atoms with Gasteiger partial charge >= 0.3 is 0 Å². The summed E-state index contributed by atoms with van der Waals surface area (Å²) in [6.45, 7) is 2.21. The predicted molar refractivity (Wildman–Crippen MR) is 53.5 cm³/mol. The fourth-order valence-electron chi connectivity index (χ4n) is 2.89. The molecular weight excluding hydrogens is 178 g/mol. The Balaban J connectivity index is 2.34. The molecule has 0 heterocycles. The van der Waals surface area contributed by atoms with Crippen LogP contribution in [-0.4, -0.2) is 18.6 Å². The van der Waals surface area contributed by atoms with Gasteiger partial charge in [0.2, 0.25) is 5.91 Å². The molecule has 0 radical (unpaired) electrons. The van der Waals surface area contributed by atoms with Crippen molar-refractivity contribution in [1.82, 2.24) is 0 Å². The van der Waals surface area contributed by atoms with E-state index in [1.807, 2.05) is 6.08 Å². The number of nitrogens with two attached hydrogens (primary N) is 1. The van der Waals surface area contributed by atoms with Gasteiger partial charge in [0.05, 0.1) is 11.5 Å². The van der Waals surface area contributed by atoms with Crippen LogP contribution >= 0.6 is 0 Å². The molecule has 1 saturated carbocycles. The first-order valence-electron chi connectivity index (χ1n) is 5.13. The first-order chi connectivity index (χ1) is 6.59.